The van der Waals surface area contributed by atoms with Gasteiger partial charge in [-0.25, -0.2) is 4.68 Å². The van der Waals surface area contributed by atoms with Crippen molar-refractivity contribution in [1.82, 2.24) is 19.9 Å². The predicted molar refractivity (Wildman–Crippen MR) is 70.2 cm³/mol. The van der Waals surface area contributed by atoms with E-state index in [-0.39, 0.29) is 5.54 Å². The van der Waals surface area contributed by atoms with E-state index in [0.717, 1.165) is 31.5 Å². The van der Waals surface area contributed by atoms with Crippen molar-refractivity contribution >= 4 is 0 Å². The molecule has 1 aliphatic rings. The van der Waals surface area contributed by atoms with E-state index < -0.39 is 6.10 Å². The van der Waals surface area contributed by atoms with Gasteiger partial charge in [0, 0.05) is 6.54 Å². The number of aromatic nitrogens is 3. The second-order valence-electron chi connectivity index (χ2n) is 5.49. The fourth-order valence-corrected chi connectivity index (χ4v) is 3.09. The van der Waals surface area contributed by atoms with Crippen LogP contribution in [0.4, 0.5) is 0 Å². The first-order valence-electron chi connectivity index (χ1n) is 6.85. The number of likely N-dealkylation sites (N-methyl/N-ethyl adjacent to an activating group) is 1. The molecule has 0 bridgehead atoms. The number of rotatable bonds is 5. The SMILES string of the molecule is CCCn1nncc1C(O)C1(N(C)C)CCCC1. The maximum atomic E-state index is 10.8. The lowest BCUT2D eigenvalue weighted by atomic mass is 9.87. The maximum Gasteiger partial charge on any atom is 0.116 e. The van der Waals surface area contributed by atoms with Gasteiger partial charge in [0.25, 0.3) is 0 Å². The molecule has 1 unspecified atom stereocenters. The molecule has 5 heteroatoms. The highest BCUT2D eigenvalue weighted by atomic mass is 16.3. The van der Waals surface area contributed by atoms with E-state index in [1.165, 1.54) is 12.8 Å². The van der Waals surface area contributed by atoms with E-state index in [1.807, 2.05) is 4.68 Å². The van der Waals surface area contributed by atoms with Crippen LogP contribution in [0.2, 0.25) is 0 Å². The average molecular weight is 252 g/mol. The minimum Gasteiger partial charge on any atom is -0.385 e. The molecule has 2 rings (SSSR count). The van der Waals surface area contributed by atoms with Crippen molar-refractivity contribution in [3.63, 3.8) is 0 Å². The molecule has 18 heavy (non-hydrogen) atoms. The molecule has 0 saturated heterocycles. The van der Waals surface area contributed by atoms with E-state index in [1.54, 1.807) is 6.20 Å². The summed E-state index contributed by atoms with van der Waals surface area (Å²) >= 11 is 0. The smallest absolute Gasteiger partial charge is 0.116 e. The molecule has 1 fully saturated rings. The Balaban J connectivity index is 2.28. The monoisotopic (exact) mass is 252 g/mol. The second-order valence-corrected chi connectivity index (χ2v) is 5.49. The zero-order valence-electron chi connectivity index (χ0n) is 11.6. The molecule has 0 aromatic carbocycles. The number of hydrogen-bond donors (Lipinski definition) is 1. The fraction of sp³-hybridized carbons (Fsp3) is 0.846. The second kappa shape index (κ2) is 5.36. The van der Waals surface area contributed by atoms with Gasteiger partial charge in [-0.2, -0.15) is 0 Å². The van der Waals surface area contributed by atoms with E-state index in [0.29, 0.717) is 0 Å². The van der Waals surface area contributed by atoms with Crippen LogP contribution in [0, 0.1) is 0 Å². The molecular weight excluding hydrogens is 228 g/mol. The van der Waals surface area contributed by atoms with Gasteiger partial charge in [0.1, 0.15) is 6.10 Å². The lowest BCUT2D eigenvalue weighted by Gasteiger charge is -2.40. The molecule has 0 spiro atoms. The van der Waals surface area contributed by atoms with Gasteiger partial charge in [-0.1, -0.05) is 25.0 Å². The van der Waals surface area contributed by atoms with Gasteiger partial charge in [-0.3, -0.25) is 0 Å². The summed E-state index contributed by atoms with van der Waals surface area (Å²) in [5, 5.41) is 18.8. The van der Waals surface area contributed by atoms with Crippen molar-refractivity contribution in [2.24, 2.45) is 0 Å². The molecule has 1 heterocycles. The molecule has 1 atom stereocenters. The van der Waals surface area contributed by atoms with Gasteiger partial charge in [-0.15, -0.1) is 5.10 Å². The molecule has 102 valence electrons. The van der Waals surface area contributed by atoms with Crippen molar-refractivity contribution in [2.75, 3.05) is 14.1 Å². The maximum absolute atomic E-state index is 10.8. The Morgan fingerprint density at radius 1 is 1.44 bits per heavy atom. The minimum atomic E-state index is -0.503. The fourth-order valence-electron chi connectivity index (χ4n) is 3.09. The van der Waals surface area contributed by atoms with Gasteiger partial charge < -0.3 is 10.0 Å². The molecule has 1 saturated carbocycles. The highest BCUT2D eigenvalue weighted by Crippen LogP contribution is 2.43. The summed E-state index contributed by atoms with van der Waals surface area (Å²) < 4.78 is 1.84. The first kappa shape index (κ1) is 13.5. The summed E-state index contributed by atoms with van der Waals surface area (Å²) in [6, 6.07) is 0. The third-order valence-corrected chi connectivity index (χ3v) is 4.23. The Bertz CT molecular complexity index is 382. The molecule has 1 N–H and O–H groups in total. The van der Waals surface area contributed by atoms with Crippen LogP contribution < -0.4 is 0 Å². The Kier molecular flexibility index (Phi) is 4.02. The van der Waals surface area contributed by atoms with Crippen LogP contribution in [-0.4, -0.2) is 44.6 Å². The van der Waals surface area contributed by atoms with Crippen LogP contribution >= 0.6 is 0 Å². The Hall–Kier alpha value is -0.940. The zero-order valence-corrected chi connectivity index (χ0v) is 11.6. The van der Waals surface area contributed by atoms with Crippen LogP contribution in [-0.2, 0) is 6.54 Å². The third-order valence-electron chi connectivity index (χ3n) is 4.23. The molecule has 0 aliphatic heterocycles. The molecule has 1 aliphatic carbocycles. The van der Waals surface area contributed by atoms with Crippen LogP contribution in [0.25, 0.3) is 0 Å². The summed E-state index contributed by atoms with van der Waals surface area (Å²) in [5.74, 6) is 0. The van der Waals surface area contributed by atoms with Crippen molar-refractivity contribution in [3.05, 3.63) is 11.9 Å². The lowest BCUT2D eigenvalue weighted by molar-refractivity contribution is -0.00997. The van der Waals surface area contributed by atoms with Gasteiger partial charge in [-0.05, 0) is 33.4 Å². The number of hydrogen-bond acceptors (Lipinski definition) is 4. The summed E-state index contributed by atoms with van der Waals surface area (Å²) in [6.07, 6.45) is 6.66. The van der Waals surface area contributed by atoms with Gasteiger partial charge in [0.2, 0.25) is 0 Å². The first-order chi connectivity index (χ1) is 8.62. The van der Waals surface area contributed by atoms with Crippen molar-refractivity contribution in [1.29, 1.82) is 0 Å². The molecule has 1 aromatic rings. The van der Waals surface area contributed by atoms with E-state index in [4.69, 9.17) is 0 Å². The van der Waals surface area contributed by atoms with Gasteiger partial charge in [0.05, 0.1) is 17.4 Å². The Morgan fingerprint density at radius 3 is 2.67 bits per heavy atom. The van der Waals surface area contributed by atoms with Crippen molar-refractivity contribution in [2.45, 2.75) is 57.2 Å². The van der Waals surface area contributed by atoms with Crippen LogP contribution in [0.1, 0.15) is 50.8 Å². The molecule has 0 radical (unpaired) electrons. The summed E-state index contributed by atoms with van der Waals surface area (Å²) in [5.41, 5.74) is 0.708. The quantitative estimate of drug-likeness (QED) is 0.864. The Morgan fingerprint density at radius 2 is 2.11 bits per heavy atom. The topological polar surface area (TPSA) is 54.2 Å². The molecule has 1 aromatic heterocycles. The molecule has 5 nitrogen and oxygen atoms in total. The normalized spacial score (nSPS) is 20.5. The zero-order chi connectivity index (χ0) is 13.2. The highest BCUT2D eigenvalue weighted by molar-refractivity contribution is 5.11. The van der Waals surface area contributed by atoms with E-state index in [9.17, 15) is 5.11 Å². The van der Waals surface area contributed by atoms with Crippen LogP contribution in [0.15, 0.2) is 6.20 Å². The van der Waals surface area contributed by atoms with Crippen molar-refractivity contribution in [3.8, 4) is 0 Å². The number of aliphatic hydroxyl groups excluding tert-OH is 1. The average Bonchev–Trinajstić information content (AvgIpc) is 2.97. The lowest BCUT2D eigenvalue weighted by Crippen LogP contribution is -2.47. The standard InChI is InChI=1S/C13H24N4O/c1-4-9-17-11(10-14-15-17)12(18)13(16(2)3)7-5-6-8-13/h10,12,18H,4-9H2,1-3H3. The highest BCUT2D eigenvalue weighted by Gasteiger charge is 2.44. The largest absolute Gasteiger partial charge is 0.385 e. The van der Waals surface area contributed by atoms with Crippen LogP contribution in [0.5, 0.6) is 0 Å². The van der Waals surface area contributed by atoms with Crippen molar-refractivity contribution < 1.29 is 5.11 Å². The van der Waals surface area contributed by atoms with Gasteiger partial charge >= 0.3 is 0 Å². The number of aryl methyl sites for hydroxylation is 1. The van der Waals surface area contributed by atoms with Crippen LogP contribution in [0.3, 0.4) is 0 Å². The summed E-state index contributed by atoms with van der Waals surface area (Å²) in [6.45, 7) is 2.92. The van der Waals surface area contributed by atoms with E-state index in [2.05, 4.69) is 36.2 Å². The predicted octanol–water partition coefficient (Wildman–Crippen LogP) is 1.60. The molecular formula is C13H24N4O. The minimum absolute atomic E-state index is 0.146. The Labute approximate surface area is 109 Å². The first-order valence-corrected chi connectivity index (χ1v) is 6.85. The molecule has 0 amide bonds. The summed E-state index contributed by atoms with van der Waals surface area (Å²) in [7, 11) is 4.12. The summed E-state index contributed by atoms with van der Waals surface area (Å²) in [4.78, 5) is 2.17. The number of nitrogens with zero attached hydrogens (tertiary/aromatic N) is 4. The van der Waals surface area contributed by atoms with Gasteiger partial charge in [0.15, 0.2) is 0 Å². The third kappa shape index (κ3) is 2.17. The van der Waals surface area contributed by atoms with E-state index >= 15 is 0 Å². The number of aliphatic hydroxyl groups is 1.